The normalized spacial score (nSPS) is 14.0. The third kappa shape index (κ3) is 3.83. The first-order valence-electron chi connectivity index (χ1n) is 4.80. The van der Waals surface area contributed by atoms with Crippen molar-refractivity contribution < 1.29 is 24.9 Å². The maximum Gasteiger partial charge on any atom is 0.333 e. The first kappa shape index (κ1) is 13.7. The van der Waals surface area contributed by atoms with Crippen LogP contribution in [0, 0.1) is 5.92 Å². The molecule has 3 N–H and O–H groups in total. The summed E-state index contributed by atoms with van der Waals surface area (Å²) < 4.78 is 0.840. The number of carboxylic acids is 2. The van der Waals surface area contributed by atoms with Crippen molar-refractivity contribution in [2.45, 2.75) is 12.5 Å². The van der Waals surface area contributed by atoms with E-state index in [9.17, 15) is 14.7 Å². The fraction of sp³-hybridized carbons (Fsp3) is 0.273. The van der Waals surface area contributed by atoms with Gasteiger partial charge >= 0.3 is 11.9 Å². The molecule has 0 saturated carbocycles. The lowest BCUT2D eigenvalue weighted by Crippen LogP contribution is -2.36. The smallest absolute Gasteiger partial charge is 0.333 e. The van der Waals surface area contributed by atoms with Crippen LogP contribution in [0.4, 0.5) is 0 Å². The summed E-state index contributed by atoms with van der Waals surface area (Å²) in [6.45, 7) is 0. The van der Waals surface area contributed by atoms with Gasteiger partial charge in [0.2, 0.25) is 0 Å². The highest BCUT2D eigenvalue weighted by atomic mass is 79.9. The lowest BCUT2D eigenvalue weighted by molar-refractivity contribution is -0.159. The molecule has 0 bridgehead atoms. The van der Waals surface area contributed by atoms with Crippen molar-refractivity contribution in [3.05, 3.63) is 34.3 Å². The zero-order valence-corrected chi connectivity index (χ0v) is 10.3. The van der Waals surface area contributed by atoms with Crippen LogP contribution >= 0.6 is 15.9 Å². The molecule has 0 aliphatic heterocycles. The Balaban J connectivity index is 2.84. The van der Waals surface area contributed by atoms with Crippen LogP contribution in [-0.2, 0) is 16.0 Å². The van der Waals surface area contributed by atoms with E-state index in [1.165, 1.54) is 0 Å². The van der Waals surface area contributed by atoms with E-state index in [4.69, 9.17) is 10.2 Å². The summed E-state index contributed by atoms with van der Waals surface area (Å²) in [6.07, 6.45) is -1.94. The predicted molar refractivity (Wildman–Crippen MR) is 62.6 cm³/mol. The maximum atomic E-state index is 10.9. The summed E-state index contributed by atoms with van der Waals surface area (Å²) in [5.41, 5.74) is 0.654. The second kappa shape index (κ2) is 5.79. The molecular formula is C11H11BrO5. The summed E-state index contributed by atoms with van der Waals surface area (Å²) in [6, 6.07) is 6.80. The minimum absolute atomic E-state index is 0.0317. The van der Waals surface area contributed by atoms with Crippen molar-refractivity contribution in [3.8, 4) is 0 Å². The minimum Gasteiger partial charge on any atom is -0.481 e. The summed E-state index contributed by atoms with van der Waals surface area (Å²) >= 11 is 3.23. The monoisotopic (exact) mass is 302 g/mol. The van der Waals surface area contributed by atoms with Gasteiger partial charge in [-0.15, -0.1) is 0 Å². The Bertz CT molecular complexity index is 414. The second-order valence-corrected chi connectivity index (χ2v) is 4.47. The van der Waals surface area contributed by atoms with Crippen LogP contribution in [0.25, 0.3) is 0 Å². The van der Waals surface area contributed by atoms with Gasteiger partial charge in [0.1, 0.15) is 0 Å². The van der Waals surface area contributed by atoms with E-state index in [2.05, 4.69) is 15.9 Å². The maximum absolute atomic E-state index is 10.9. The average Bonchev–Trinajstić information content (AvgIpc) is 2.26. The Labute approximate surface area is 106 Å². The molecule has 0 fully saturated rings. The van der Waals surface area contributed by atoms with Crippen LogP contribution in [-0.4, -0.2) is 33.4 Å². The molecule has 0 heterocycles. The summed E-state index contributed by atoms with van der Waals surface area (Å²) in [5, 5.41) is 26.8. The van der Waals surface area contributed by atoms with Gasteiger partial charge in [0, 0.05) is 4.47 Å². The Kier molecular flexibility index (Phi) is 4.65. The molecule has 92 valence electrons. The van der Waals surface area contributed by atoms with Gasteiger partial charge in [-0.3, -0.25) is 4.79 Å². The molecule has 0 aliphatic carbocycles. The van der Waals surface area contributed by atoms with Crippen LogP contribution < -0.4 is 0 Å². The van der Waals surface area contributed by atoms with Crippen molar-refractivity contribution in [2.24, 2.45) is 5.92 Å². The third-order valence-corrected chi connectivity index (χ3v) is 2.85. The van der Waals surface area contributed by atoms with Gasteiger partial charge in [-0.2, -0.15) is 0 Å². The highest BCUT2D eigenvalue weighted by molar-refractivity contribution is 9.10. The topological polar surface area (TPSA) is 94.8 Å². The van der Waals surface area contributed by atoms with E-state index in [0.717, 1.165) is 4.47 Å². The zero-order chi connectivity index (χ0) is 13.0. The number of hydrogen-bond donors (Lipinski definition) is 3. The number of halogens is 1. The number of benzene rings is 1. The SMILES string of the molecule is O=C(O)C(O)C(Cc1ccc(Br)cc1)C(=O)O. The molecule has 1 aromatic rings. The Morgan fingerprint density at radius 2 is 1.65 bits per heavy atom. The molecule has 0 radical (unpaired) electrons. The highest BCUT2D eigenvalue weighted by Crippen LogP contribution is 2.16. The predicted octanol–water partition coefficient (Wildman–Crippen LogP) is 1.14. The van der Waals surface area contributed by atoms with Crippen LogP contribution in [0.15, 0.2) is 28.7 Å². The molecule has 2 unspecified atom stereocenters. The summed E-state index contributed by atoms with van der Waals surface area (Å²) in [4.78, 5) is 21.5. The quantitative estimate of drug-likeness (QED) is 0.758. The fourth-order valence-electron chi connectivity index (χ4n) is 1.38. The first-order chi connectivity index (χ1) is 7.91. The summed E-state index contributed by atoms with van der Waals surface area (Å²) in [7, 11) is 0. The van der Waals surface area contributed by atoms with E-state index in [1.807, 2.05) is 0 Å². The van der Waals surface area contributed by atoms with Gasteiger partial charge in [-0.1, -0.05) is 28.1 Å². The molecule has 2 atom stereocenters. The van der Waals surface area contributed by atoms with Gasteiger partial charge in [0.25, 0.3) is 0 Å². The molecule has 1 rings (SSSR count). The number of carboxylic acid groups (broad SMARTS) is 2. The minimum atomic E-state index is -1.91. The van der Waals surface area contributed by atoms with E-state index >= 15 is 0 Å². The molecule has 0 aliphatic rings. The number of hydrogen-bond acceptors (Lipinski definition) is 3. The van der Waals surface area contributed by atoms with Gasteiger partial charge in [-0.05, 0) is 24.1 Å². The fourth-order valence-corrected chi connectivity index (χ4v) is 1.64. The Hall–Kier alpha value is -1.40. The number of aliphatic hydroxyl groups excluding tert-OH is 1. The van der Waals surface area contributed by atoms with E-state index in [1.54, 1.807) is 24.3 Å². The van der Waals surface area contributed by atoms with Crippen LogP contribution in [0.1, 0.15) is 5.56 Å². The first-order valence-corrected chi connectivity index (χ1v) is 5.59. The number of carbonyl (C=O) groups is 2. The lowest BCUT2D eigenvalue weighted by atomic mass is 9.94. The zero-order valence-electron chi connectivity index (χ0n) is 8.71. The van der Waals surface area contributed by atoms with Crippen molar-refractivity contribution in [2.75, 3.05) is 0 Å². The lowest BCUT2D eigenvalue weighted by Gasteiger charge is -2.15. The van der Waals surface area contributed by atoms with Gasteiger partial charge < -0.3 is 15.3 Å². The van der Waals surface area contributed by atoms with Gasteiger partial charge in [-0.25, -0.2) is 4.79 Å². The highest BCUT2D eigenvalue weighted by Gasteiger charge is 2.31. The van der Waals surface area contributed by atoms with Crippen molar-refractivity contribution in [3.63, 3.8) is 0 Å². The van der Waals surface area contributed by atoms with E-state index in [-0.39, 0.29) is 6.42 Å². The molecule has 0 saturated heterocycles. The number of aliphatic carboxylic acids is 2. The molecule has 17 heavy (non-hydrogen) atoms. The Morgan fingerprint density at radius 3 is 2.06 bits per heavy atom. The van der Waals surface area contributed by atoms with Crippen LogP contribution in [0.5, 0.6) is 0 Å². The summed E-state index contributed by atoms with van der Waals surface area (Å²) in [5.74, 6) is -4.22. The van der Waals surface area contributed by atoms with Gasteiger partial charge in [0.15, 0.2) is 6.10 Å². The van der Waals surface area contributed by atoms with Crippen molar-refractivity contribution in [1.29, 1.82) is 0 Å². The molecule has 1 aromatic carbocycles. The van der Waals surface area contributed by atoms with Crippen molar-refractivity contribution in [1.82, 2.24) is 0 Å². The van der Waals surface area contributed by atoms with E-state index < -0.39 is 24.0 Å². The standard InChI is InChI=1S/C11H11BrO5/c12-7-3-1-6(2-4-7)5-8(10(14)15)9(13)11(16)17/h1-4,8-9,13H,5H2,(H,14,15)(H,16,17). The molecule has 0 spiro atoms. The largest absolute Gasteiger partial charge is 0.481 e. The van der Waals surface area contributed by atoms with E-state index in [0.29, 0.717) is 5.56 Å². The number of rotatable bonds is 5. The van der Waals surface area contributed by atoms with Gasteiger partial charge in [0.05, 0.1) is 5.92 Å². The van der Waals surface area contributed by atoms with Crippen LogP contribution in [0.3, 0.4) is 0 Å². The number of aliphatic hydroxyl groups is 1. The molecule has 0 amide bonds. The average molecular weight is 303 g/mol. The molecular weight excluding hydrogens is 292 g/mol. The van der Waals surface area contributed by atoms with Crippen molar-refractivity contribution >= 4 is 27.9 Å². The molecule has 5 nitrogen and oxygen atoms in total. The third-order valence-electron chi connectivity index (χ3n) is 2.32. The van der Waals surface area contributed by atoms with Crippen LogP contribution in [0.2, 0.25) is 0 Å². The Morgan fingerprint density at radius 1 is 1.12 bits per heavy atom. The molecule has 6 heteroatoms. The molecule has 0 aromatic heterocycles. The second-order valence-electron chi connectivity index (χ2n) is 3.56.